The number of rotatable bonds is 1. The van der Waals surface area contributed by atoms with Gasteiger partial charge in [0.2, 0.25) is 0 Å². The first-order valence-electron chi connectivity index (χ1n) is 4.83. The molecule has 0 aliphatic rings. The maximum Gasteiger partial charge on any atom is 0.338 e. The van der Waals surface area contributed by atoms with E-state index in [2.05, 4.69) is 18.5 Å². The number of hydrogen-bond donors (Lipinski definition) is 1. The molecule has 0 atom stereocenters. The molecule has 16 heavy (non-hydrogen) atoms. The molecule has 0 bridgehead atoms. The molecular weight excluding hydrogens is 220 g/mol. The van der Waals surface area contributed by atoms with E-state index in [9.17, 15) is 4.79 Å². The summed E-state index contributed by atoms with van der Waals surface area (Å²) in [6.45, 7) is 5.57. The number of ether oxygens (including phenoxy) is 1. The van der Waals surface area contributed by atoms with Crippen molar-refractivity contribution in [3.8, 4) is 12.3 Å². The zero-order chi connectivity index (χ0) is 12.5. The van der Waals surface area contributed by atoms with Crippen molar-refractivity contribution in [3.05, 3.63) is 27.8 Å². The Labute approximate surface area is 101 Å². The lowest BCUT2D eigenvalue weighted by Gasteiger charge is -2.15. The third kappa shape index (κ3) is 1.81. The normalized spacial score (nSPS) is 9.75. The molecule has 0 aliphatic carbocycles. The molecule has 0 saturated heterocycles. The van der Waals surface area contributed by atoms with Crippen LogP contribution in [0.2, 0.25) is 0 Å². The van der Waals surface area contributed by atoms with Gasteiger partial charge in [-0.05, 0) is 37.5 Å². The van der Waals surface area contributed by atoms with Gasteiger partial charge in [-0.3, -0.25) is 0 Å². The van der Waals surface area contributed by atoms with Crippen LogP contribution in [-0.2, 0) is 4.74 Å². The van der Waals surface area contributed by atoms with E-state index >= 15 is 0 Å². The number of benzene rings is 1. The monoisotopic (exact) mass is 234 g/mol. The number of carbonyl (C=O) groups excluding carboxylic acids is 1. The Balaban J connectivity index is 3.70. The van der Waals surface area contributed by atoms with E-state index in [1.165, 1.54) is 7.11 Å². The quantitative estimate of drug-likeness (QED) is 0.459. The largest absolute Gasteiger partial charge is 0.465 e. The minimum atomic E-state index is -0.373. The Morgan fingerprint density at radius 3 is 2.25 bits per heavy atom. The van der Waals surface area contributed by atoms with Crippen LogP contribution in [0, 0.1) is 33.1 Å². The maximum absolute atomic E-state index is 11.7. The summed E-state index contributed by atoms with van der Waals surface area (Å²) in [4.78, 5) is 12.4. The summed E-state index contributed by atoms with van der Waals surface area (Å²) < 4.78 is 4.75. The molecule has 84 valence electrons. The predicted octanol–water partition coefficient (Wildman–Crippen LogP) is 2.67. The van der Waals surface area contributed by atoms with E-state index in [1.54, 1.807) is 0 Å². The third-order valence-corrected chi connectivity index (χ3v) is 3.42. The molecule has 0 radical (unpaired) electrons. The van der Waals surface area contributed by atoms with Gasteiger partial charge in [-0.2, -0.15) is 0 Å². The van der Waals surface area contributed by atoms with Crippen molar-refractivity contribution in [3.63, 3.8) is 0 Å². The SMILES string of the molecule is C#Cc1c(C)c(S)c(C)c(C(=O)OC)c1C. The fraction of sp³-hybridized carbons (Fsp3) is 0.308. The van der Waals surface area contributed by atoms with E-state index in [-0.39, 0.29) is 5.97 Å². The Bertz CT molecular complexity index is 496. The Hall–Kier alpha value is -1.40. The molecule has 3 heteroatoms. The molecule has 0 aliphatic heterocycles. The highest BCUT2D eigenvalue weighted by molar-refractivity contribution is 7.80. The first kappa shape index (κ1) is 12.7. The number of thiol groups is 1. The van der Waals surface area contributed by atoms with Gasteiger partial charge in [0.25, 0.3) is 0 Å². The van der Waals surface area contributed by atoms with Crippen LogP contribution in [0.3, 0.4) is 0 Å². The fourth-order valence-electron chi connectivity index (χ4n) is 1.83. The highest BCUT2D eigenvalue weighted by Gasteiger charge is 2.19. The van der Waals surface area contributed by atoms with Crippen LogP contribution in [-0.4, -0.2) is 13.1 Å². The van der Waals surface area contributed by atoms with Gasteiger partial charge in [0.05, 0.1) is 12.7 Å². The number of esters is 1. The summed E-state index contributed by atoms with van der Waals surface area (Å²) >= 11 is 4.38. The van der Waals surface area contributed by atoms with Crippen LogP contribution in [0.15, 0.2) is 4.90 Å². The zero-order valence-electron chi connectivity index (χ0n) is 9.84. The van der Waals surface area contributed by atoms with Crippen LogP contribution < -0.4 is 0 Å². The average Bonchev–Trinajstić information content (AvgIpc) is 2.27. The number of terminal acetylenes is 1. The molecule has 0 heterocycles. The Kier molecular flexibility index (Phi) is 3.66. The molecule has 1 aromatic rings. The molecule has 0 aromatic heterocycles. The van der Waals surface area contributed by atoms with E-state index in [0.29, 0.717) is 5.56 Å². The summed E-state index contributed by atoms with van der Waals surface area (Å²) in [5, 5.41) is 0. The molecule has 2 nitrogen and oxygen atoms in total. The number of methoxy groups -OCH3 is 1. The lowest BCUT2D eigenvalue weighted by atomic mass is 9.93. The molecule has 0 spiro atoms. The van der Waals surface area contributed by atoms with Crippen molar-refractivity contribution in [1.29, 1.82) is 0 Å². The Morgan fingerprint density at radius 1 is 1.25 bits per heavy atom. The molecular formula is C13H14O2S. The summed E-state index contributed by atoms with van der Waals surface area (Å²) in [6.07, 6.45) is 5.44. The van der Waals surface area contributed by atoms with Gasteiger partial charge in [-0.25, -0.2) is 4.79 Å². The van der Waals surface area contributed by atoms with Crippen molar-refractivity contribution in [2.24, 2.45) is 0 Å². The zero-order valence-corrected chi connectivity index (χ0v) is 10.7. The van der Waals surface area contributed by atoms with Gasteiger partial charge >= 0.3 is 5.97 Å². The second-order valence-corrected chi connectivity index (χ2v) is 4.06. The van der Waals surface area contributed by atoms with E-state index < -0.39 is 0 Å². The number of hydrogen-bond acceptors (Lipinski definition) is 3. The van der Waals surface area contributed by atoms with Gasteiger partial charge in [0.1, 0.15) is 0 Å². The second kappa shape index (κ2) is 4.63. The summed E-state index contributed by atoms with van der Waals surface area (Å²) in [6, 6.07) is 0. The Morgan fingerprint density at radius 2 is 1.81 bits per heavy atom. The van der Waals surface area contributed by atoms with Gasteiger partial charge < -0.3 is 4.74 Å². The molecule has 1 rings (SSSR count). The second-order valence-electron chi connectivity index (χ2n) is 3.61. The van der Waals surface area contributed by atoms with Crippen molar-refractivity contribution in [1.82, 2.24) is 0 Å². The van der Waals surface area contributed by atoms with Crippen LogP contribution in [0.4, 0.5) is 0 Å². The third-order valence-electron chi connectivity index (χ3n) is 2.74. The first-order chi connectivity index (χ1) is 7.45. The maximum atomic E-state index is 11.7. The van der Waals surface area contributed by atoms with Gasteiger partial charge in [0.15, 0.2) is 0 Å². The highest BCUT2D eigenvalue weighted by atomic mass is 32.1. The van der Waals surface area contributed by atoms with Gasteiger partial charge in [-0.1, -0.05) is 5.92 Å². The molecule has 0 N–H and O–H groups in total. The molecule has 0 fully saturated rings. The van der Waals surface area contributed by atoms with Crippen molar-refractivity contribution in [2.45, 2.75) is 25.7 Å². The van der Waals surface area contributed by atoms with E-state index in [1.807, 2.05) is 20.8 Å². The van der Waals surface area contributed by atoms with Crippen molar-refractivity contribution in [2.75, 3.05) is 7.11 Å². The van der Waals surface area contributed by atoms with Crippen LogP contribution in [0.5, 0.6) is 0 Å². The fourth-order valence-corrected chi connectivity index (χ4v) is 2.05. The first-order valence-corrected chi connectivity index (χ1v) is 5.28. The lowest BCUT2D eigenvalue weighted by molar-refractivity contribution is 0.0598. The van der Waals surface area contributed by atoms with E-state index in [0.717, 1.165) is 27.1 Å². The minimum absolute atomic E-state index is 0.373. The summed E-state index contributed by atoms with van der Waals surface area (Å²) in [5.41, 5.74) is 3.75. The number of carbonyl (C=O) groups is 1. The molecule has 0 unspecified atom stereocenters. The predicted molar refractivity (Wildman–Crippen MR) is 67.2 cm³/mol. The van der Waals surface area contributed by atoms with Gasteiger partial charge in [-0.15, -0.1) is 19.1 Å². The van der Waals surface area contributed by atoms with E-state index in [4.69, 9.17) is 11.2 Å². The summed E-state index contributed by atoms with van der Waals surface area (Å²) in [7, 11) is 1.36. The van der Waals surface area contributed by atoms with Crippen LogP contribution in [0.1, 0.15) is 32.6 Å². The van der Waals surface area contributed by atoms with Crippen molar-refractivity contribution >= 4 is 18.6 Å². The molecule has 0 saturated carbocycles. The standard InChI is InChI=1S/C13H14O2S/c1-6-10-7(2)11(13(14)15-5)9(4)12(16)8(10)3/h1,16H,2-5H3. The van der Waals surface area contributed by atoms with Crippen LogP contribution >= 0.6 is 12.6 Å². The van der Waals surface area contributed by atoms with Gasteiger partial charge in [0, 0.05) is 10.5 Å². The molecule has 1 aromatic carbocycles. The lowest BCUT2D eigenvalue weighted by Crippen LogP contribution is -2.10. The topological polar surface area (TPSA) is 26.3 Å². The summed E-state index contributed by atoms with van der Waals surface area (Å²) in [5.74, 6) is 2.22. The van der Waals surface area contributed by atoms with Crippen LogP contribution in [0.25, 0.3) is 0 Å². The average molecular weight is 234 g/mol. The highest BCUT2D eigenvalue weighted by Crippen LogP contribution is 2.29. The molecule has 0 amide bonds. The van der Waals surface area contributed by atoms with Crippen molar-refractivity contribution < 1.29 is 9.53 Å². The smallest absolute Gasteiger partial charge is 0.338 e. The minimum Gasteiger partial charge on any atom is -0.465 e.